The van der Waals surface area contributed by atoms with E-state index in [1.54, 1.807) is 36.4 Å². The third-order valence-electron chi connectivity index (χ3n) is 5.31. The van der Waals surface area contributed by atoms with E-state index in [1.165, 1.54) is 17.3 Å². The van der Waals surface area contributed by atoms with Crippen molar-refractivity contribution in [2.24, 2.45) is 0 Å². The number of halogens is 1. The quantitative estimate of drug-likeness (QED) is 0.525. The van der Waals surface area contributed by atoms with E-state index in [-0.39, 0.29) is 5.91 Å². The van der Waals surface area contributed by atoms with Crippen LogP contribution in [0.1, 0.15) is 21.5 Å². The molecule has 3 N–H and O–H groups in total. The van der Waals surface area contributed by atoms with Crippen LogP contribution in [0.4, 0.5) is 11.5 Å². The second kappa shape index (κ2) is 9.92. The molecule has 31 heavy (non-hydrogen) atoms. The number of carbonyl (C=O) groups is 1. The number of fused-ring (bicyclic) bond motifs is 1. The molecule has 1 aliphatic heterocycles. The molecule has 0 saturated carbocycles. The molecule has 0 bridgehead atoms. The van der Waals surface area contributed by atoms with Crippen molar-refractivity contribution in [2.45, 2.75) is 19.1 Å². The largest absolute Gasteiger partial charge is 0.390 e. The first kappa shape index (κ1) is 21.3. The summed E-state index contributed by atoms with van der Waals surface area (Å²) in [5.41, 5.74) is 3.80. The number of anilines is 2. The molecule has 2 heterocycles. The van der Waals surface area contributed by atoms with Gasteiger partial charge in [0.1, 0.15) is 5.82 Å². The maximum absolute atomic E-state index is 12.4. The Morgan fingerprint density at radius 2 is 1.97 bits per heavy atom. The Hall–Kier alpha value is -2.93. The molecule has 0 saturated heterocycles. The number of aliphatic hydroxyl groups excluding tert-OH is 1. The summed E-state index contributed by atoms with van der Waals surface area (Å²) >= 11 is 5.94. The average Bonchev–Trinajstić information content (AvgIpc) is 2.78. The first-order valence-electron chi connectivity index (χ1n) is 10.3. The van der Waals surface area contributed by atoms with Crippen molar-refractivity contribution >= 4 is 29.0 Å². The second-order valence-corrected chi connectivity index (χ2v) is 8.12. The fourth-order valence-corrected chi connectivity index (χ4v) is 3.89. The molecule has 3 aromatic rings. The number of benzene rings is 2. The van der Waals surface area contributed by atoms with Crippen LogP contribution in [0.15, 0.2) is 66.9 Å². The third-order valence-corrected chi connectivity index (χ3v) is 5.54. The van der Waals surface area contributed by atoms with Crippen molar-refractivity contribution in [3.8, 4) is 0 Å². The number of aliphatic hydroxyl groups is 1. The molecule has 2 aromatic carbocycles. The second-order valence-electron chi connectivity index (χ2n) is 7.69. The van der Waals surface area contributed by atoms with Crippen LogP contribution in [0.2, 0.25) is 5.02 Å². The summed E-state index contributed by atoms with van der Waals surface area (Å²) in [7, 11) is 0. The van der Waals surface area contributed by atoms with Gasteiger partial charge < -0.3 is 15.7 Å². The standard InChI is InChI=1S/C24H25ClN4O2/c25-20-6-3-7-21(12-20)28-24(31)18-8-9-23(26-13-18)27-14-22(30)16-29-11-10-17-4-1-2-5-19(17)15-29/h1-9,12-13,22,30H,10-11,14-16H2,(H,26,27)(H,28,31). The van der Waals surface area contributed by atoms with Gasteiger partial charge in [-0.1, -0.05) is 41.9 Å². The first-order chi connectivity index (χ1) is 15.1. The SMILES string of the molecule is O=C(Nc1cccc(Cl)c1)c1ccc(NCC(O)CN2CCc3ccccc3C2)nc1. The molecule has 160 valence electrons. The van der Waals surface area contributed by atoms with Crippen LogP contribution in [-0.4, -0.2) is 46.6 Å². The van der Waals surface area contributed by atoms with Crippen LogP contribution in [0.3, 0.4) is 0 Å². The van der Waals surface area contributed by atoms with E-state index >= 15 is 0 Å². The fourth-order valence-electron chi connectivity index (χ4n) is 3.70. The van der Waals surface area contributed by atoms with Gasteiger partial charge in [-0.2, -0.15) is 0 Å². The summed E-state index contributed by atoms with van der Waals surface area (Å²) in [6.45, 7) is 2.80. The van der Waals surface area contributed by atoms with Gasteiger partial charge in [-0.15, -0.1) is 0 Å². The maximum Gasteiger partial charge on any atom is 0.257 e. The molecule has 4 rings (SSSR count). The van der Waals surface area contributed by atoms with Gasteiger partial charge in [0.2, 0.25) is 0 Å². The number of nitrogens with one attached hydrogen (secondary N) is 2. The van der Waals surface area contributed by atoms with E-state index in [0.717, 1.165) is 19.5 Å². The normalized spacial score (nSPS) is 14.5. The van der Waals surface area contributed by atoms with E-state index in [4.69, 9.17) is 11.6 Å². The highest BCUT2D eigenvalue weighted by molar-refractivity contribution is 6.30. The Kier molecular flexibility index (Phi) is 6.82. The number of rotatable bonds is 7. The first-order valence-corrected chi connectivity index (χ1v) is 10.7. The van der Waals surface area contributed by atoms with Crippen molar-refractivity contribution < 1.29 is 9.90 Å². The van der Waals surface area contributed by atoms with Crippen LogP contribution in [0, 0.1) is 0 Å². The summed E-state index contributed by atoms with van der Waals surface area (Å²) in [6.07, 6.45) is 2.00. The Bertz CT molecular complexity index is 1040. The van der Waals surface area contributed by atoms with Gasteiger partial charge in [-0.25, -0.2) is 4.98 Å². The minimum Gasteiger partial charge on any atom is -0.390 e. The van der Waals surface area contributed by atoms with Crippen LogP contribution >= 0.6 is 11.6 Å². The Morgan fingerprint density at radius 3 is 2.74 bits per heavy atom. The highest BCUT2D eigenvalue weighted by Gasteiger charge is 2.18. The van der Waals surface area contributed by atoms with Crippen LogP contribution in [0.25, 0.3) is 0 Å². The van der Waals surface area contributed by atoms with Crippen molar-refractivity contribution in [3.05, 3.63) is 88.6 Å². The predicted octanol–water partition coefficient (Wildman–Crippen LogP) is 3.82. The number of hydrogen-bond donors (Lipinski definition) is 3. The van der Waals surface area contributed by atoms with Crippen LogP contribution < -0.4 is 10.6 Å². The lowest BCUT2D eigenvalue weighted by Gasteiger charge is -2.30. The number of pyridine rings is 1. The van der Waals surface area contributed by atoms with Gasteiger partial charge in [-0.05, 0) is 47.9 Å². The van der Waals surface area contributed by atoms with Gasteiger partial charge in [0.25, 0.3) is 5.91 Å². The molecule has 1 amide bonds. The molecule has 7 heteroatoms. The Balaban J connectivity index is 1.25. The van der Waals surface area contributed by atoms with Crippen molar-refractivity contribution in [3.63, 3.8) is 0 Å². The Labute approximate surface area is 186 Å². The van der Waals surface area contributed by atoms with Crippen molar-refractivity contribution in [1.82, 2.24) is 9.88 Å². The summed E-state index contributed by atoms with van der Waals surface area (Å²) in [5, 5.41) is 16.9. The van der Waals surface area contributed by atoms with E-state index in [0.29, 0.717) is 35.2 Å². The fraction of sp³-hybridized carbons (Fsp3) is 0.250. The van der Waals surface area contributed by atoms with E-state index in [1.807, 2.05) is 0 Å². The van der Waals surface area contributed by atoms with Crippen LogP contribution in [0.5, 0.6) is 0 Å². The topological polar surface area (TPSA) is 77.5 Å². The number of β-amino-alcohol motifs (C(OH)–C–C–N with tert-alkyl or cyclic N) is 1. The summed E-state index contributed by atoms with van der Waals surface area (Å²) in [6, 6.07) is 18.9. The monoisotopic (exact) mass is 436 g/mol. The summed E-state index contributed by atoms with van der Waals surface area (Å²) in [4.78, 5) is 18.9. The lowest BCUT2D eigenvalue weighted by atomic mass is 10.00. The molecule has 0 fully saturated rings. The molecule has 1 atom stereocenters. The van der Waals surface area contributed by atoms with E-state index < -0.39 is 6.10 Å². The molecule has 0 radical (unpaired) electrons. The highest BCUT2D eigenvalue weighted by Crippen LogP contribution is 2.19. The molecule has 0 spiro atoms. The Morgan fingerprint density at radius 1 is 1.13 bits per heavy atom. The van der Waals surface area contributed by atoms with Gasteiger partial charge in [0, 0.05) is 43.1 Å². The van der Waals surface area contributed by atoms with Crippen molar-refractivity contribution in [1.29, 1.82) is 0 Å². The maximum atomic E-state index is 12.4. The molecule has 6 nitrogen and oxygen atoms in total. The molecular weight excluding hydrogens is 412 g/mol. The lowest BCUT2D eigenvalue weighted by Crippen LogP contribution is -2.39. The molecule has 0 aliphatic carbocycles. The summed E-state index contributed by atoms with van der Waals surface area (Å²) in [5.74, 6) is 0.356. The summed E-state index contributed by atoms with van der Waals surface area (Å²) < 4.78 is 0. The number of amides is 1. The van der Waals surface area contributed by atoms with Gasteiger partial charge in [0.15, 0.2) is 0 Å². The van der Waals surface area contributed by atoms with Gasteiger partial charge in [-0.3, -0.25) is 9.69 Å². The number of nitrogens with zero attached hydrogens (tertiary/aromatic N) is 2. The van der Waals surface area contributed by atoms with E-state index in [2.05, 4.69) is 44.8 Å². The third kappa shape index (κ3) is 5.82. The minimum atomic E-state index is -0.516. The number of aromatic nitrogens is 1. The predicted molar refractivity (Wildman–Crippen MR) is 124 cm³/mol. The molecule has 1 aliphatic rings. The van der Waals surface area contributed by atoms with Gasteiger partial charge in [0.05, 0.1) is 11.7 Å². The van der Waals surface area contributed by atoms with Crippen LogP contribution in [-0.2, 0) is 13.0 Å². The molecule has 1 aromatic heterocycles. The average molecular weight is 437 g/mol. The zero-order valence-electron chi connectivity index (χ0n) is 17.1. The van der Waals surface area contributed by atoms with Crippen molar-refractivity contribution in [2.75, 3.05) is 30.3 Å². The molecular formula is C24H25ClN4O2. The highest BCUT2D eigenvalue weighted by atomic mass is 35.5. The minimum absolute atomic E-state index is 0.258. The lowest BCUT2D eigenvalue weighted by molar-refractivity contribution is 0.102. The number of carbonyl (C=O) groups excluding carboxylic acids is 1. The molecule has 1 unspecified atom stereocenters. The zero-order valence-corrected chi connectivity index (χ0v) is 17.8. The van der Waals surface area contributed by atoms with E-state index in [9.17, 15) is 9.90 Å². The number of hydrogen-bond acceptors (Lipinski definition) is 5. The van der Waals surface area contributed by atoms with Gasteiger partial charge >= 0.3 is 0 Å². The smallest absolute Gasteiger partial charge is 0.257 e. The zero-order chi connectivity index (χ0) is 21.6.